The normalized spacial score (nSPS) is 11.4. The molecule has 0 amide bonds. The molecule has 0 saturated heterocycles. The van der Waals surface area contributed by atoms with Crippen molar-refractivity contribution in [3.63, 3.8) is 0 Å². The number of rotatable bonds is 3. The maximum atomic E-state index is 11.1. The highest BCUT2D eigenvalue weighted by Crippen LogP contribution is 2.27. The van der Waals surface area contributed by atoms with Crippen LogP contribution in [0.5, 0.6) is 0 Å². The van der Waals surface area contributed by atoms with Gasteiger partial charge in [-0.3, -0.25) is 10.1 Å². The van der Waals surface area contributed by atoms with Crippen molar-refractivity contribution in [2.24, 2.45) is 0 Å². The van der Waals surface area contributed by atoms with Crippen LogP contribution in [0.2, 0.25) is 0 Å². The first-order valence-corrected chi connectivity index (χ1v) is 12.0. The lowest BCUT2D eigenvalue weighted by molar-refractivity contribution is -0.385. The molecule has 12 heteroatoms. The summed E-state index contributed by atoms with van der Waals surface area (Å²) in [5, 5.41) is 10.5. The smallest absolute Gasteiger partial charge is 0.284 e. The first kappa shape index (κ1) is 22.5. The summed E-state index contributed by atoms with van der Waals surface area (Å²) in [6.07, 6.45) is 2.15. The van der Waals surface area contributed by atoms with Crippen LogP contribution in [0.4, 0.5) is 11.4 Å². The number of halogens is 2. The third kappa shape index (κ3) is 6.34. The van der Waals surface area contributed by atoms with Gasteiger partial charge in [-0.05, 0) is 62.2 Å². The Morgan fingerprint density at radius 2 is 1.31 bits per heavy atom. The average Bonchev–Trinajstić information content (AvgIpc) is 2.48. The van der Waals surface area contributed by atoms with Crippen molar-refractivity contribution in [3.8, 4) is 0 Å². The van der Waals surface area contributed by atoms with Gasteiger partial charge in [0.15, 0.2) is 19.7 Å². The average molecular weight is 530 g/mol. The van der Waals surface area contributed by atoms with E-state index in [1.54, 1.807) is 6.07 Å². The number of nitro groups is 1. The summed E-state index contributed by atoms with van der Waals surface area (Å²) in [5.41, 5.74) is 5.68. The number of sulfone groups is 2. The van der Waals surface area contributed by atoms with Crippen LogP contribution in [0, 0.1) is 10.1 Å². The molecule has 0 spiro atoms. The number of nitro benzene ring substituents is 1. The highest BCUT2D eigenvalue weighted by atomic mass is 79.9. The lowest BCUT2D eigenvalue weighted by Gasteiger charge is -2.00. The molecule has 0 unspecified atom stereocenters. The first-order chi connectivity index (χ1) is 11.7. The minimum atomic E-state index is -3.40. The first-order valence-electron chi connectivity index (χ1n) is 6.62. The molecule has 0 aromatic heterocycles. The predicted octanol–water partition coefficient (Wildman–Crippen LogP) is 3.20. The Morgan fingerprint density at radius 3 is 1.69 bits per heavy atom. The van der Waals surface area contributed by atoms with E-state index in [0.717, 1.165) is 18.6 Å². The minimum Gasteiger partial charge on any atom is -0.398 e. The topological polar surface area (TPSA) is 137 Å². The van der Waals surface area contributed by atoms with Gasteiger partial charge in [0.05, 0.1) is 19.2 Å². The number of hydrogen-bond donors (Lipinski definition) is 1. The summed E-state index contributed by atoms with van der Waals surface area (Å²) < 4.78 is 45.2. The van der Waals surface area contributed by atoms with Crippen LogP contribution in [0.3, 0.4) is 0 Å². The van der Waals surface area contributed by atoms with E-state index in [9.17, 15) is 26.9 Å². The molecule has 142 valence electrons. The molecule has 0 aliphatic rings. The van der Waals surface area contributed by atoms with Crippen molar-refractivity contribution >= 4 is 62.9 Å². The van der Waals surface area contributed by atoms with Crippen molar-refractivity contribution in [2.45, 2.75) is 9.79 Å². The van der Waals surface area contributed by atoms with Crippen LogP contribution in [-0.2, 0) is 19.7 Å². The van der Waals surface area contributed by atoms with Gasteiger partial charge in [0.2, 0.25) is 0 Å². The molecule has 26 heavy (non-hydrogen) atoms. The summed E-state index contributed by atoms with van der Waals surface area (Å²) in [6, 6.07) is 8.24. The highest BCUT2D eigenvalue weighted by Gasteiger charge is 2.16. The van der Waals surface area contributed by atoms with Gasteiger partial charge in [0, 0.05) is 28.7 Å². The standard InChI is InChI=1S/C7H6BrNO4S.C7H8BrNO2S/c1-14(12,13)5-2-3-6(8)7(4-5)9(10)11;1-12(10,11)5-2-3-6(8)7(9)4-5/h2-4H,1H3;2-4H,9H2,1H3. The van der Waals surface area contributed by atoms with Gasteiger partial charge in [0.1, 0.15) is 0 Å². The van der Waals surface area contributed by atoms with E-state index in [0.29, 0.717) is 10.2 Å². The Hall–Kier alpha value is -1.50. The van der Waals surface area contributed by atoms with E-state index in [-0.39, 0.29) is 20.0 Å². The summed E-state index contributed by atoms with van der Waals surface area (Å²) in [5.74, 6) is 0. The van der Waals surface area contributed by atoms with Crippen molar-refractivity contribution in [2.75, 3.05) is 18.2 Å². The van der Waals surface area contributed by atoms with Gasteiger partial charge in [-0.2, -0.15) is 0 Å². The molecule has 0 fully saturated rings. The number of benzene rings is 2. The molecular weight excluding hydrogens is 516 g/mol. The lowest BCUT2D eigenvalue weighted by atomic mass is 10.3. The van der Waals surface area contributed by atoms with E-state index in [1.807, 2.05) is 0 Å². The number of nitrogen functional groups attached to an aromatic ring is 1. The van der Waals surface area contributed by atoms with E-state index in [4.69, 9.17) is 5.73 Å². The molecule has 0 aliphatic heterocycles. The zero-order valence-electron chi connectivity index (χ0n) is 13.5. The van der Waals surface area contributed by atoms with Crippen LogP contribution in [0.1, 0.15) is 0 Å². The summed E-state index contributed by atoms with van der Waals surface area (Å²) in [6.45, 7) is 0. The Balaban J connectivity index is 0.000000263. The zero-order valence-corrected chi connectivity index (χ0v) is 18.3. The third-order valence-corrected chi connectivity index (χ3v) is 6.55. The second-order valence-electron chi connectivity index (χ2n) is 5.10. The van der Waals surface area contributed by atoms with Gasteiger partial charge in [-0.15, -0.1) is 0 Å². The third-order valence-electron chi connectivity index (χ3n) is 2.94. The Morgan fingerprint density at radius 1 is 0.885 bits per heavy atom. The van der Waals surface area contributed by atoms with Crippen molar-refractivity contribution in [1.29, 1.82) is 0 Å². The van der Waals surface area contributed by atoms with Gasteiger partial charge in [-0.25, -0.2) is 16.8 Å². The van der Waals surface area contributed by atoms with Crippen LogP contribution in [0.15, 0.2) is 55.1 Å². The molecule has 0 atom stereocenters. The monoisotopic (exact) mass is 528 g/mol. The summed E-state index contributed by atoms with van der Waals surface area (Å²) >= 11 is 6.14. The van der Waals surface area contributed by atoms with E-state index in [1.165, 1.54) is 24.3 Å². The van der Waals surface area contributed by atoms with Crippen LogP contribution >= 0.6 is 31.9 Å². The van der Waals surface area contributed by atoms with Gasteiger partial charge in [0.25, 0.3) is 5.69 Å². The SMILES string of the molecule is CS(=O)(=O)c1ccc(Br)c(N)c1.CS(=O)(=O)c1ccc(Br)c([N+](=O)[O-])c1. The summed E-state index contributed by atoms with van der Waals surface area (Å²) in [7, 11) is -6.54. The summed E-state index contributed by atoms with van der Waals surface area (Å²) in [4.78, 5) is 10.0. The zero-order chi connectivity index (χ0) is 20.3. The minimum absolute atomic E-state index is 0.0626. The number of nitrogens with zero attached hydrogens (tertiary/aromatic N) is 1. The Kier molecular flexibility index (Phi) is 7.33. The molecule has 2 N–H and O–H groups in total. The highest BCUT2D eigenvalue weighted by molar-refractivity contribution is 9.11. The fourth-order valence-corrected chi connectivity index (χ4v) is 3.55. The lowest BCUT2D eigenvalue weighted by Crippen LogP contribution is -1.98. The van der Waals surface area contributed by atoms with Crippen LogP contribution in [0.25, 0.3) is 0 Å². The molecule has 0 bridgehead atoms. The molecule has 0 heterocycles. The molecule has 2 aromatic rings. The van der Waals surface area contributed by atoms with Crippen LogP contribution in [-0.4, -0.2) is 34.3 Å². The second-order valence-corrected chi connectivity index (χ2v) is 10.8. The maximum absolute atomic E-state index is 11.1. The molecule has 0 aliphatic carbocycles. The van der Waals surface area contributed by atoms with Gasteiger partial charge < -0.3 is 5.73 Å². The van der Waals surface area contributed by atoms with E-state index >= 15 is 0 Å². The fourth-order valence-electron chi connectivity index (χ4n) is 1.62. The Bertz CT molecular complexity index is 1050. The fraction of sp³-hybridized carbons (Fsp3) is 0.143. The molecule has 0 saturated carbocycles. The van der Waals surface area contributed by atoms with E-state index < -0.39 is 24.6 Å². The number of hydrogen-bond acceptors (Lipinski definition) is 7. The second kappa shape index (κ2) is 8.46. The molecule has 2 rings (SSSR count). The quantitative estimate of drug-likeness (QED) is 0.366. The van der Waals surface area contributed by atoms with E-state index in [2.05, 4.69) is 31.9 Å². The van der Waals surface area contributed by atoms with Gasteiger partial charge >= 0.3 is 0 Å². The molecule has 2 aromatic carbocycles. The number of nitrogens with two attached hydrogens (primary N) is 1. The molecule has 8 nitrogen and oxygen atoms in total. The number of anilines is 1. The molecule has 0 radical (unpaired) electrons. The maximum Gasteiger partial charge on any atom is 0.284 e. The van der Waals surface area contributed by atoms with Crippen molar-refractivity contribution < 1.29 is 21.8 Å². The molecular formula is C14H14Br2N2O6S2. The Labute approximate surface area is 167 Å². The largest absolute Gasteiger partial charge is 0.398 e. The van der Waals surface area contributed by atoms with Crippen LogP contribution < -0.4 is 5.73 Å². The predicted molar refractivity (Wildman–Crippen MR) is 106 cm³/mol. The van der Waals surface area contributed by atoms with Crippen molar-refractivity contribution in [1.82, 2.24) is 0 Å². The van der Waals surface area contributed by atoms with Crippen molar-refractivity contribution in [3.05, 3.63) is 55.5 Å². The van der Waals surface area contributed by atoms with Gasteiger partial charge in [-0.1, -0.05) is 0 Å².